The van der Waals surface area contributed by atoms with E-state index in [0.29, 0.717) is 18.2 Å². The minimum atomic E-state index is -3.63. The summed E-state index contributed by atoms with van der Waals surface area (Å²) in [6, 6.07) is 3.24. The fourth-order valence-corrected chi connectivity index (χ4v) is 3.86. The molecule has 21 heavy (non-hydrogen) atoms. The van der Waals surface area contributed by atoms with E-state index in [2.05, 4.69) is 22.4 Å². The van der Waals surface area contributed by atoms with Gasteiger partial charge in [-0.2, -0.15) is 4.31 Å². The summed E-state index contributed by atoms with van der Waals surface area (Å²) in [5, 5.41) is -0.0251. The zero-order valence-electron chi connectivity index (χ0n) is 12.5. The minimum Gasteiger partial charge on any atom is -0.321 e. The lowest BCUT2D eigenvalue weighted by atomic mass is 9.97. The zero-order valence-corrected chi connectivity index (χ0v) is 13.3. The molecule has 118 valence electrons. The number of piperidine rings is 1. The lowest BCUT2D eigenvalue weighted by Gasteiger charge is -2.31. The van der Waals surface area contributed by atoms with Crippen molar-refractivity contribution in [3.63, 3.8) is 0 Å². The van der Waals surface area contributed by atoms with Crippen LogP contribution in [0, 0.1) is 5.92 Å². The molecule has 1 aromatic rings. The number of aromatic nitrogens is 1. The molecule has 0 aliphatic carbocycles. The van der Waals surface area contributed by atoms with Gasteiger partial charge in [0, 0.05) is 19.8 Å². The van der Waals surface area contributed by atoms with Gasteiger partial charge in [0.25, 0.3) is 10.0 Å². The van der Waals surface area contributed by atoms with Gasteiger partial charge in [-0.1, -0.05) is 0 Å². The van der Waals surface area contributed by atoms with Gasteiger partial charge in [-0.3, -0.25) is 5.84 Å². The van der Waals surface area contributed by atoms with Crippen LogP contribution >= 0.6 is 0 Å². The molecule has 0 saturated carbocycles. The molecule has 0 atom stereocenters. The van der Waals surface area contributed by atoms with E-state index in [4.69, 9.17) is 5.84 Å². The highest BCUT2D eigenvalue weighted by Gasteiger charge is 2.28. The average Bonchev–Trinajstić information content (AvgIpc) is 2.49. The van der Waals surface area contributed by atoms with Crippen LogP contribution in [0.4, 0.5) is 5.69 Å². The van der Waals surface area contributed by atoms with Crippen LogP contribution in [0.25, 0.3) is 0 Å². The van der Waals surface area contributed by atoms with Crippen molar-refractivity contribution in [1.29, 1.82) is 0 Å². The summed E-state index contributed by atoms with van der Waals surface area (Å²) < 4.78 is 26.6. The molecule has 0 radical (unpaired) electrons. The van der Waals surface area contributed by atoms with Crippen molar-refractivity contribution in [3.05, 3.63) is 18.3 Å². The fraction of sp³-hybridized carbons (Fsp3) is 0.615. The smallest absolute Gasteiger partial charge is 0.262 e. The van der Waals surface area contributed by atoms with Crippen LogP contribution in [0.5, 0.6) is 0 Å². The summed E-state index contributed by atoms with van der Waals surface area (Å²) >= 11 is 0. The van der Waals surface area contributed by atoms with E-state index in [1.54, 1.807) is 19.2 Å². The molecular weight excluding hydrogens is 290 g/mol. The summed E-state index contributed by atoms with van der Waals surface area (Å²) in [5.41, 5.74) is 2.70. The molecule has 0 bridgehead atoms. The number of nitrogen functional groups attached to an aromatic ring is 1. The van der Waals surface area contributed by atoms with Crippen molar-refractivity contribution in [2.75, 3.05) is 39.2 Å². The molecule has 7 nitrogen and oxygen atoms in total. The number of hydrazine groups is 1. The Labute approximate surface area is 126 Å². The molecule has 1 aliphatic heterocycles. The number of hydrogen-bond donors (Lipinski definition) is 2. The Morgan fingerprint density at radius 1 is 1.48 bits per heavy atom. The number of rotatable bonds is 5. The number of nitrogens with two attached hydrogens (primary N) is 1. The van der Waals surface area contributed by atoms with Crippen molar-refractivity contribution in [1.82, 2.24) is 14.2 Å². The third-order valence-electron chi connectivity index (χ3n) is 3.93. The van der Waals surface area contributed by atoms with E-state index < -0.39 is 10.0 Å². The first-order valence-corrected chi connectivity index (χ1v) is 8.45. The third kappa shape index (κ3) is 3.70. The van der Waals surface area contributed by atoms with E-state index in [0.717, 1.165) is 25.9 Å². The summed E-state index contributed by atoms with van der Waals surface area (Å²) in [6.45, 7) is 2.53. The predicted molar refractivity (Wildman–Crippen MR) is 82.1 cm³/mol. The van der Waals surface area contributed by atoms with Crippen LogP contribution in [0.1, 0.15) is 12.8 Å². The Hall–Kier alpha value is -1.22. The second kappa shape index (κ2) is 6.69. The van der Waals surface area contributed by atoms with Crippen LogP contribution in [0.3, 0.4) is 0 Å². The molecule has 1 aromatic heterocycles. The third-order valence-corrected chi connectivity index (χ3v) is 5.72. The Morgan fingerprint density at radius 3 is 2.76 bits per heavy atom. The summed E-state index contributed by atoms with van der Waals surface area (Å²) in [5.74, 6) is 5.76. The molecule has 1 aliphatic rings. The van der Waals surface area contributed by atoms with Gasteiger partial charge in [-0.25, -0.2) is 13.4 Å². The number of nitrogens with zero attached hydrogens (tertiary/aromatic N) is 3. The lowest BCUT2D eigenvalue weighted by molar-refractivity contribution is 0.202. The first-order valence-electron chi connectivity index (χ1n) is 7.01. The summed E-state index contributed by atoms with van der Waals surface area (Å²) in [4.78, 5) is 6.23. The number of likely N-dealkylation sites (tertiary alicyclic amines) is 1. The van der Waals surface area contributed by atoms with Gasteiger partial charge in [0.2, 0.25) is 0 Å². The zero-order chi connectivity index (χ0) is 15.5. The fourth-order valence-electron chi connectivity index (χ4n) is 2.56. The molecule has 1 saturated heterocycles. The van der Waals surface area contributed by atoms with Crippen LogP contribution < -0.4 is 11.3 Å². The first-order chi connectivity index (χ1) is 9.95. The quantitative estimate of drug-likeness (QED) is 0.601. The molecule has 8 heteroatoms. The second-order valence-electron chi connectivity index (χ2n) is 5.53. The maximum Gasteiger partial charge on any atom is 0.262 e. The predicted octanol–water partition coefficient (Wildman–Crippen LogP) is 0.330. The van der Waals surface area contributed by atoms with E-state index >= 15 is 0 Å². The van der Waals surface area contributed by atoms with Crippen molar-refractivity contribution >= 4 is 15.7 Å². The van der Waals surface area contributed by atoms with E-state index in [1.165, 1.54) is 10.5 Å². The molecule has 0 unspecified atom stereocenters. The monoisotopic (exact) mass is 313 g/mol. The summed E-state index contributed by atoms with van der Waals surface area (Å²) in [6.07, 6.45) is 3.48. The van der Waals surface area contributed by atoms with Gasteiger partial charge in [-0.05, 0) is 51.0 Å². The molecule has 0 amide bonds. The highest BCUT2D eigenvalue weighted by Crippen LogP contribution is 2.23. The molecule has 0 aromatic carbocycles. The van der Waals surface area contributed by atoms with Crippen LogP contribution in [-0.4, -0.2) is 56.3 Å². The van der Waals surface area contributed by atoms with Crippen molar-refractivity contribution in [2.45, 2.75) is 17.9 Å². The molecule has 2 rings (SSSR count). The maximum atomic E-state index is 12.6. The molecule has 1 fully saturated rings. The van der Waals surface area contributed by atoms with Crippen molar-refractivity contribution < 1.29 is 8.42 Å². The summed E-state index contributed by atoms with van der Waals surface area (Å²) in [7, 11) is 0.0584. The number of pyridine rings is 1. The van der Waals surface area contributed by atoms with Gasteiger partial charge in [0.1, 0.15) is 0 Å². The SMILES string of the molecule is CN1CCC(CN(C)S(=O)(=O)c2ncccc2NN)CC1. The van der Waals surface area contributed by atoms with Crippen LogP contribution in [0.15, 0.2) is 23.4 Å². The largest absolute Gasteiger partial charge is 0.321 e. The normalized spacial score (nSPS) is 18.1. The standard InChI is InChI=1S/C13H23N5O2S/c1-17-8-5-11(6-9-17)10-18(2)21(19,20)13-12(16-14)4-3-7-15-13/h3-4,7,11,16H,5-6,8-10,14H2,1-2H3. The second-order valence-corrected chi connectivity index (χ2v) is 7.49. The highest BCUT2D eigenvalue weighted by atomic mass is 32.2. The Kier molecular flexibility index (Phi) is 5.15. The van der Waals surface area contributed by atoms with Gasteiger partial charge < -0.3 is 10.3 Å². The average molecular weight is 313 g/mol. The molecule has 3 N–H and O–H groups in total. The molecule has 0 spiro atoms. The van der Waals surface area contributed by atoms with Gasteiger partial charge in [0.05, 0.1) is 5.69 Å². The van der Waals surface area contributed by atoms with Crippen LogP contribution in [0.2, 0.25) is 0 Å². The maximum absolute atomic E-state index is 12.6. The molecular formula is C13H23N5O2S. The van der Waals surface area contributed by atoms with Crippen molar-refractivity contribution in [2.24, 2.45) is 11.8 Å². The van der Waals surface area contributed by atoms with Crippen LogP contribution in [-0.2, 0) is 10.0 Å². The number of nitrogens with one attached hydrogen (secondary N) is 1. The van der Waals surface area contributed by atoms with Gasteiger partial charge >= 0.3 is 0 Å². The molecule has 2 heterocycles. The number of sulfonamides is 1. The van der Waals surface area contributed by atoms with E-state index in [-0.39, 0.29) is 5.03 Å². The topological polar surface area (TPSA) is 91.6 Å². The highest BCUT2D eigenvalue weighted by molar-refractivity contribution is 7.89. The number of hydrogen-bond acceptors (Lipinski definition) is 6. The van der Waals surface area contributed by atoms with Gasteiger partial charge in [-0.15, -0.1) is 0 Å². The lowest BCUT2D eigenvalue weighted by Crippen LogP contribution is -2.38. The van der Waals surface area contributed by atoms with E-state index in [1.807, 2.05) is 0 Å². The number of anilines is 1. The van der Waals surface area contributed by atoms with E-state index in [9.17, 15) is 8.42 Å². The van der Waals surface area contributed by atoms with Gasteiger partial charge in [0.15, 0.2) is 5.03 Å². The van der Waals surface area contributed by atoms with Crippen molar-refractivity contribution in [3.8, 4) is 0 Å². The Balaban J connectivity index is 2.11. The minimum absolute atomic E-state index is 0.0251. The Bertz CT molecular complexity index is 570. The first kappa shape index (κ1) is 16.2. The Morgan fingerprint density at radius 2 is 2.14 bits per heavy atom.